The molecule has 0 amide bonds. The highest BCUT2D eigenvalue weighted by Gasteiger charge is 2.34. The highest BCUT2D eigenvalue weighted by molar-refractivity contribution is 6.33. The molecule has 3 aromatic rings. The molecular weight excluding hydrogens is 309 g/mol. The third-order valence-corrected chi connectivity index (χ3v) is 5.36. The Balaban J connectivity index is 1.53. The van der Waals surface area contributed by atoms with Crippen LogP contribution in [0.4, 0.5) is 0 Å². The number of ether oxygens (including phenoxy) is 1. The summed E-state index contributed by atoms with van der Waals surface area (Å²) in [5.41, 5.74) is 5.03. The summed E-state index contributed by atoms with van der Waals surface area (Å²) in [6.45, 7) is 3.46. The van der Waals surface area contributed by atoms with E-state index in [1.165, 1.54) is 16.6 Å². The fourth-order valence-corrected chi connectivity index (χ4v) is 3.98. The minimum Gasteiger partial charge on any atom is -0.376 e. The minimum absolute atomic E-state index is 0.115. The van der Waals surface area contributed by atoms with E-state index in [0.29, 0.717) is 6.61 Å². The first kappa shape index (κ1) is 16.4. The lowest BCUT2D eigenvalue weighted by Gasteiger charge is -2.38. The smallest absolute Gasteiger partial charge is 0.139 e. The van der Waals surface area contributed by atoms with E-state index in [0.717, 1.165) is 43.4 Å². The molecule has 2 heterocycles. The van der Waals surface area contributed by atoms with Gasteiger partial charge in [-0.2, -0.15) is 5.10 Å². The Hall–Kier alpha value is -2.11. The zero-order chi connectivity index (χ0) is 17.1. The first-order valence-corrected chi connectivity index (χ1v) is 9.03. The number of nitrogens with zero attached hydrogens (tertiary/aromatic N) is 1. The number of aromatic amines is 1. The lowest BCUT2D eigenvalue weighted by molar-refractivity contribution is 0.0570. The van der Waals surface area contributed by atoms with Crippen LogP contribution in [0.2, 0.25) is 0 Å². The number of hydrogen-bond donors (Lipinski definition) is 2. The lowest BCUT2D eigenvalue weighted by Crippen LogP contribution is -2.43. The van der Waals surface area contributed by atoms with Crippen LogP contribution in [0.3, 0.4) is 0 Å². The average Bonchev–Trinajstić information content (AvgIpc) is 3.12. The van der Waals surface area contributed by atoms with Crippen molar-refractivity contribution < 1.29 is 4.74 Å². The van der Waals surface area contributed by atoms with E-state index in [-0.39, 0.29) is 5.41 Å². The minimum atomic E-state index is 0.115. The summed E-state index contributed by atoms with van der Waals surface area (Å²) in [5.74, 6) is 0. The van der Waals surface area contributed by atoms with Crippen LogP contribution in [-0.4, -0.2) is 37.7 Å². The van der Waals surface area contributed by atoms with Gasteiger partial charge in [-0.05, 0) is 31.5 Å². The maximum atomic E-state index is 6.27. The Kier molecular flexibility index (Phi) is 4.60. The van der Waals surface area contributed by atoms with Gasteiger partial charge in [-0.3, -0.25) is 5.10 Å². The molecule has 0 saturated carbocycles. The van der Waals surface area contributed by atoms with Crippen molar-refractivity contribution in [3.05, 3.63) is 59.8 Å². The fourth-order valence-electron chi connectivity index (χ4n) is 3.98. The fraction of sp³-hybridized carbons (Fsp3) is 0.350. The normalized spacial score (nSPS) is 17.0. The molecule has 0 unspecified atom stereocenters. The Labute approximate surface area is 149 Å². The monoisotopic (exact) mass is 333 g/mol. The van der Waals surface area contributed by atoms with Crippen LogP contribution in [0.5, 0.6) is 0 Å². The van der Waals surface area contributed by atoms with E-state index in [1.54, 1.807) is 0 Å². The first-order chi connectivity index (χ1) is 12.3. The number of piperidine rings is 1. The molecule has 1 saturated heterocycles. The van der Waals surface area contributed by atoms with E-state index in [1.807, 2.05) is 6.20 Å². The molecule has 4 rings (SSSR count). The molecule has 4 nitrogen and oxygen atoms in total. The number of rotatable bonds is 5. The topological polar surface area (TPSA) is 49.9 Å². The van der Waals surface area contributed by atoms with E-state index in [4.69, 9.17) is 4.74 Å². The first-order valence-electron chi connectivity index (χ1n) is 9.03. The standard InChI is InChI=1S/C20H24BN3O/c21-18-10-15-12-23-24-19(15)16(11-18)13-25-14-20(6-8-22-9-7-20)17-4-2-1-3-5-17/h1-5,10-12,22H,6-9,13-14,21H2,(H,23,24). The molecule has 128 valence electrons. The Morgan fingerprint density at radius 1 is 1.12 bits per heavy atom. The zero-order valence-electron chi connectivity index (χ0n) is 14.7. The predicted molar refractivity (Wildman–Crippen MR) is 104 cm³/mol. The summed E-state index contributed by atoms with van der Waals surface area (Å²) in [6.07, 6.45) is 4.11. The number of aromatic nitrogens is 2. The SMILES string of the molecule is Bc1cc(COCC2(c3ccccc3)CCNCC2)c2[nH]ncc2c1. The van der Waals surface area contributed by atoms with Crippen molar-refractivity contribution >= 4 is 24.2 Å². The largest absolute Gasteiger partial charge is 0.376 e. The number of hydrogen-bond acceptors (Lipinski definition) is 3. The van der Waals surface area contributed by atoms with Crippen molar-refractivity contribution in [1.29, 1.82) is 0 Å². The maximum Gasteiger partial charge on any atom is 0.139 e. The van der Waals surface area contributed by atoms with Crippen LogP contribution in [0.1, 0.15) is 24.0 Å². The van der Waals surface area contributed by atoms with Crippen molar-refractivity contribution in [3.63, 3.8) is 0 Å². The maximum absolute atomic E-state index is 6.27. The van der Waals surface area contributed by atoms with Crippen LogP contribution < -0.4 is 10.8 Å². The summed E-state index contributed by atoms with van der Waals surface area (Å²) in [7, 11) is 2.12. The molecule has 0 aliphatic carbocycles. The zero-order valence-corrected chi connectivity index (χ0v) is 14.7. The highest BCUT2D eigenvalue weighted by atomic mass is 16.5. The van der Waals surface area contributed by atoms with Crippen LogP contribution >= 0.6 is 0 Å². The number of benzene rings is 2. The molecule has 2 N–H and O–H groups in total. The van der Waals surface area contributed by atoms with Gasteiger partial charge >= 0.3 is 0 Å². The molecular formula is C20H24BN3O. The van der Waals surface area contributed by atoms with Crippen LogP contribution in [0, 0.1) is 0 Å². The molecule has 1 aromatic heterocycles. The molecule has 0 atom stereocenters. The van der Waals surface area contributed by atoms with Gasteiger partial charge < -0.3 is 10.1 Å². The van der Waals surface area contributed by atoms with E-state index in [2.05, 4.69) is 65.8 Å². The van der Waals surface area contributed by atoms with Crippen molar-refractivity contribution in [3.8, 4) is 0 Å². The highest BCUT2D eigenvalue weighted by Crippen LogP contribution is 2.34. The molecule has 1 fully saturated rings. The molecule has 1 aliphatic rings. The number of nitrogens with one attached hydrogen (secondary N) is 2. The molecule has 0 bridgehead atoms. The summed E-state index contributed by atoms with van der Waals surface area (Å²) >= 11 is 0. The van der Waals surface area contributed by atoms with Gasteiger partial charge in [-0.25, -0.2) is 0 Å². The van der Waals surface area contributed by atoms with E-state index >= 15 is 0 Å². The summed E-state index contributed by atoms with van der Waals surface area (Å²) in [6, 6.07) is 15.2. The second-order valence-corrected chi connectivity index (χ2v) is 7.15. The van der Waals surface area contributed by atoms with Gasteiger partial charge in [-0.1, -0.05) is 47.9 Å². The van der Waals surface area contributed by atoms with Crippen LogP contribution in [-0.2, 0) is 16.8 Å². The molecule has 25 heavy (non-hydrogen) atoms. The molecule has 5 heteroatoms. The third-order valence-electron chi connectivity index (χ3n) is 5.36. The third kappa shape index (κ3) is 3.35. The van der Waals surface area contributed by atoms with E-state index in [9.17, 15) is 0 Å². The second kappa shape index (κ2) is 7.02. The quantitative estimate of drug-likeness (QED) is 0.698. The molecule has 0 spiro atoms. The molecule has 2 aromatic carbocycles. The van der Waals surface area contributed by atoms with Crippen LogP contribution in [0.15, 0.2) is 48.7 Å². The Morgan fingerprint density at radius 3 is 2.72 bits per heavy atom. The molecule has 1 aliphatic heterocycles. The van der Waals surface area contributed by atoms with Crippen molar-refractivity contribution in [1.82, 2.24) is 15.5 Å². The van der Waals surface area contributed by atoms with Gasteiger partial charge in [0.15, 0.2) is 0 Å². The van der Waals surface area contributed by atoms with Gasteiger partial charge in [0.2, 0.25) is 0 Å². The lowest BCUT2D eigenvalue weighted by atomic mass is 9.74. The van der Waals surface area contributed by atoms with Crippen molar-refractivity contribution in [2.45, 2.75) is 24.9 Å². The van der Waals surface area contributed by atoms with Crippen LogP contribution in [0.25, 0.3) is 10.9 Å². The second-order valence-electron chi connectivity index (χ2n) is 7.15. The molecule has 0 radical (unpaired) electrons. The van der Waals surface area contributed by atoms with E-state index < -0.39 is 0 Å². The average molecular weight is 333 g/mol. The summed E-state index contributed by atoms with van der Waals surface area (Å²) < 4.78 is 6.27. The Morgan fingerprint density at radius 2 is 1.92 bits per heavy atom. The summed E-state index contributed by atoms with van der Waals surface area (Å²) in [5, 5.41) is 11.9. The summed E-state index contributed by atoms with van der Waals surface area (Å²) in [4.78, 5) is 0. The van der Waals surface area contributed by atoms with Gasteiger partial charge in [0.05, 0.1) is 24.9 Å². The van der Waals surface area contributed by atoms with Crippen molar-refractivity contribution in [2.75, 3.05) is 19.7 Å². The number of H-pyrrole nitrogens is 1. The van der Waals surface area contributed by atoms with Gasteiger partial charge in [0, 0.05) is 16.4 Å². The number of fused-ring (bicyclic) bond motifs is 1. The van der Waals surface area contributed by atoms with Crippen molar-refractivity contribution in [2.24, 2.45) is 0 Å². The van der Waals surface area contributed by atoms with Gasteiger partial charge in [0.25, 0.3) is 0 Å². The van der Waals surface area contributed by atoms with Gasteiger partial charge in [-0.15, -0.1) is 0 Å². The predicted octanol–water partition coefficient (Wildman–Crippen LogP) is 1.66. The van der Waals surface area contributed by atoms with Gasteiger partial charge in [0.1, 0.15) is 7.85 Å². The Bertz CT molecular complexity index is 841.